The van der Waals surface area contributed by atoms with E-state index in [1.807, 2.05) is 0 Å². The maximum absolute atomic E-state index is 6.05. The van der Waals surface area contributed by atoms with Crippen molar-refractivity contribution in [3.8, 4) is 0 Å². The van der Waals surface area contributed by atoms with Crippen molar-refractivity contribution in [2.24, 2.45) is 11.3 Å². The molecule has 0 bridgehead atoms. The molecule has 1 unspecified atom stereocenters. The van der Waals surface area contributed by atoms with Crippen LogP contribution >= 0.6 is 27.5 Å². The van der Waals surface area contributed by atoms with Crippen molar-refractivity contribution in [2.75, 3.05) is 18.0 Å². The molecule has 2 heterocycles. The fraction of sp³-hybridized carbons (Fsp3) is 0.714. The van der Waals surface area contributed by atoms with Crippen molar-refractivity contribution in [1.82, 2.24) is 9.97 Å². The van der Waals surface area contributed by atoms with Crippen LogP contribution in [0.4, 0.5) is 5.82 Å². The summed E-state index contributed by atoms with van der Waals surface area (Å²) in [6.45, 7) is 9.09. The first kappa shape index (κ1) is 15.0. The van der Waals surface area contributed by atoms with Gasteiger partial charge in [0.15, 0.2) is 0 Å². The van der Waals surface area contributed by atoms with E-state index in [1.54, 1.807) is 0 Å². The summed E-state index contributed by atoms with van der Waals surface area (Å²) in [5, 5.41) is 0.488. The number of halogens is 2. The SMILES string of the molecule is CC(C)(C)C1CCCN(c2ncnc(Cl)c2Br)CC1. The lowest BCUT2D eigenvalue weighted by atomic mass is 9.77. The van der Waals surface area contributed by atoms with E-state index in [9.17, 15) is 0 Å². The van der Waals surface area contributed by atoms with E-state index < -0.39 is 0 Å². The van der Waals surface area contributed by atoms with E-state index in [2.05, 4.69) is 51.6 Å². The molecule has 0 saturated carbocycles. The minimum atomic E-state index is 0.385. The molecule has 1 atom stereocenters. The molecule has 106 valence electrons. The molecule has 0 aliphatic carbocycles. The van der Waals surface area contributed by atoms with Crippen molar-refractivity contribution >= 4 is 33.3 Å². The average Bonchev–Trinajstić information content (AvgIpc) is 2.57. The molecule has 1 saturated heterocycles. The minimum absolute atomic E-state index is 0.385. The van der Waals surface area contributed by atoms with Gasteiger partial charge in [0.2, 0.25) is 0 Å². The van der Waals surface area contributed by atoms with Gasteiger partial charge in [-0.2, -0.15) is 0 Å². The Kier molecular flexibility index (Phi) is 4.72. The summed E-state index contributed by atoms with van der Waals surface area (Å²) in [5.41, 5.74) is 0.385. The molecule has 1 aromatic heterocycles. The fourth-order valence-electron chi connectivity index (χ4n) is 2.73. The van der Waals surface area contributed by atoms with Gasteiger partial charge in [-0.1, -0.05) is 32.4 Å². The van der Waals surface area contributed by atoms with Crippen LogP contribution in [0, 0.1) is 11.3 Å². The van der Waals surface area contributed by atoms with Crippen molar-refractivity contribution in [3.63, 3.8) is 0 Å². The van der Waals surface area contributed by atoms with Gasteiger partial charge in [-0.3, -0.25) is 0 Å². The van der Waals surface area contributed by atoms with Gasteiger partial charge in [0.1, 0.15) is 17.3 Å². The van der Waals surface area contributed by atoms with Gasteiger partial charge >= 0.3 is 0 Å². The zero-order chi connectivity index (χ0) is 14.0. The highest BCUT2D eigenvalue weighted by Gasteiger charge is 2.28. The summed E-state index contributed by atoms with van der Waals surface area (Å²) in [5.74, 6) is 1.70. The third-order valence-electron chi connectivity index (χ3n) is 3.98. The molecule has 0 amide bonds. The molecule has 2 rings (SSSR count). The van der Waals surface area contributed by atoms with Crippen molar-refractivity contribution in [2.45, 2.75) is 40.0 Å². The maximum Gasteiger partial charge on any atom is 0.148 e. The third kappa shape index (κ3) is 3.60. The van der Waals surface area contributed by atoms with Crippen LogP contribution in [0.5, 0.6) is 0 Å². The maximum atomic E-state index is 6.05. The molecule has 0 N–H and O–H groups in total. The minimum Gasteiger partial charge on any atom is -0.356 e. The van der Waals surface area contributed by atoms with Crippen LogP contribution in [-0.4, -0.2) is 23.1 Å². The predicted molar refractivity (Wildman–Crippen MR) is 83.8 cm³/mol. The van der Waals surface area contributed by atoms with Crippen LogP contribution in [0.3, 0.4) is 0 Å². The van der Waals surface area contributed by atoms with Crippen molar-refractivity contribution in [3.05, 3.63) is 16.0 Å². The van der Waals surface area contributed by atoms with Crippen LogP contribution in [0.15, 0.2) is 10.8 Å². The smallest absolute Gasteiger partial charge is 0.148 e. The van der Waals surface area contributed by atoms with Gasteiger partial charge in [-0.05, 0) is 46.5 Å². The summed E-state index contributed by atoms with van der Waals surface area (Å²) in [7, 11) is 0. The lowest BCUT2D eigenvalue weighted by molar-refractivity contribution is 0.220. The zero-order valence-electron chi connectivity index (χ0n) is 11.8. The van der Waals surface area contributed by atoms with Crippen molar-refractivity contribution in [1.29, 1.82) is 0 Å². The first-order chi connectivity index (χ1) is 8.89. The van der Waals surface area contributed by atoms with Gasteiger partial charge in [0.25, 0.3) is 0 Å². The Bertz CT molecular complexity index is 445. The number of aromatic nitrogens is 2. The summed E-state index contributed by atoms with van der Waals surface area (Å²) < 4.78 is 0.811. The average molecular weight is 347 g/mol. The molecule has 1 aromatic rings. The zero-order valence-corrected chi connectivity index (χ0v) is 14.1. The Morgan fingerprint density at radius 3 is 2.68 bits per heavy atom. The van der Waals surface area contributed by atoms with Gasteiger partial charge in [-0.25, -0.2) is 9.97 Å². The van der Waals surface area contributed by atoms with Crippen LogP contribution in [0.1, 0.15) is 40.0 Å². The van der Waals surface area contributed by atoms with Crippen LogP contribution in [0.2, 0.25) is 5.15 Å². The van der Waals surface area contributed by atoms with Crippen molar-refractivity contribution < 1.29 is 0 Å². The normalized spacial score (nSPS) is 21.3. The number of hydrogen-bond donors (Lipinski definition) is 0. The molecule has 0 aromatic carbocycles. The topological polar surface area (TPSA) is 29.0 Å². The number of rotatable bonds is 1. The number of hydrogen-bond acceptors (Lipinski definition) is 3. The van der Waals surface area contributed by atoms with Gasteiger partial charge in [-0.15, -0.1) is 0 Å². The number of anilines is 1. The van der Waals surface area contributed by atoms with Gasteiger partial charge in [0.05, 0.1) is 4.47 Å². The summed E-state index contributed by atoms with van der Waals surface area (Å²) >= 11 is 9.55. The van der Waals surface area contributed by atoms with E-state index >= 15 is 0 Å². The van der Waals surface area contributed by atoms with E-state index in [0.29, 0.717) is 10.6 Å². The van der Waals surface area contributed by atoms with Gasteiger partial charge < -0.3 is 4.90 Å². The molecule has 1 fully saturated rings. The lowest BCUT2D eigenvalue weighted by Crippen LogP contribution is -2.27. The largest absolute Gasteiger partial charge is 0.356 e. The summed E-state index contributed by atoms with van der Waals surface area (Å²) in [6, 6.07) is 0. The Morgan fingerprint density at radius 2 is 2.00 bits per heavy atom. The highest BCUT2D eigenvalue weighted by Crippen LogP contribution is 2.36. The predicted octanol–water partition coefficient (Wildman–Crippen LogP) is 4.55. The Morgan fingerprint density at radius 1 is 1.26 bits per heavy atom. The van der Waals surface area contributed by atoms with E-state index in [0.717, 1.165) is 29.3 Å². The monoisotopic (exact) mass is 345 g/mol. The standard InChI is InChI=1S/C14H21BrClN3/c1-14(2,3)10-5-4-7-19(8-6-10)13-11(15)12(16)17-9-18-13/h9-10H,4-8H2,1-3H3. The van der Waals surface area contributed by atoms with E-state index in [1.165, 1.54) is 25.6 Å². The first-order valence-corrected chi connectivity index (χ1v) is 7.97. The van der Waals surface area contributed by atoms with Gasteiger partial charge in [0, 0.05) is 13.1 Å². The molecule has 0 radical (unpaired) electrons. The molecule has 0 spiro atoms. The summed E-state index contributed by atoms with van der Waals surface area (Å²) in [6.07, 6.45) is 5.23. The molecular weight excluding hydrogens is 326 g/mol. The third-order valence-corrected chi connectivity index (χ3v) is 5.23. The molecule has 19 heavy (non-hydrogen) atoms. The Hall–Kier alpha value is -0.350. The molecule has 3 nitrogen and oxygen atoms in total. The van der Waals surface area contributed by atoms with E-state index in [-0.39, 0.29) is 0 Å². The summed E-state index contributed by atoms with van der Waals surface area (Å²) in [4.78, 5) is 10.7. The Labute approximate surface area is 128 Å². The molecule has 1 aliphatic heterocycles. The first-order valence-electron chi connectivity index (χ1n) is 6.80. The Balaban J connectivity index is 2.13. The van der Waals surface area contributed by atoms with E-state index in [4.69, 9.17) is 11.6 Å². The second kappa shape index (κ2) is 5.96. The fourth-order valence-corrected chi connectivity index (χ4v) is 3.32. The highest BCUT2D eigenvalue weighted by atomic mass is 79.9. The lowest BCUT2D eigenvalue weighted by Gasteiger charge is -2.30. The highest BCUT2D eigenvalue weighted by molar-refractivity contribution is 9.10. The second-order valence-electron chi connectivity index (χ2n) is 6.28. The molecule has 1 aliphatic rings. The van der Waals surface area contributed by atoms with Crippen LogP contribution in [0.25, 0.3) is 0 Å². The van der Waals surface area contributed by atoms with Crippen LogP contribution < -0.4 is 4.90 Å². The number of nitrogens with zero attached hydrogens (tertiary/aromatic N) is 3. The molecule has 5 heteroatoms. The van der Waals surface area contributed by atoms with Crippen LogP contribution in [-0.2, 0) is 0 Å². The quantitative estimate of drug-likeness (QED) is 0.699. The molecular formula is C14H21BrClN3. The second-order valence-corrected chi connectivity index (χ2v) is 7.43.